The second-order valence-corrected chi connectivity index (χ2v) is 14.2. The lowest BCUT2D eigenvalue weighted by atomic mass is 9.42. The number of rotatable bonds is 3. The van der Waals surface area contributed by atoms with Gasteiger partial charge in [0.15, 0.2) is 6.10 Å². The molecule has 0 unspecified atom stereocenters. The van der Waals surface area contributed by atoms with Crippen molar-refractivity contribution < 1.29 is 48.3 Å². The minimum Gasteiger partial charge on any atom is -0.458 e. The summed E-state index contributed by atoms with van der Waals surface area (Å²) in [6, 6.07) is 0. The number of carbonyl (C=O) groups excluding carboxylic acids is 3. The van der Waals surface area contributed by atoms with Gasteiger partial charge >= 0.3 is 11.9 Å². The molecule has 13 atom stereocenters. The number of fused-ring (bicyclic) bond motifs is 7. The van der Waals surface area contributed by atoms with Crippen molar-refractivity contribution in [2.45, 2.75) is 121 Å². The lowest BCUT2D eigenvalue weighted by molar-refractivity contribution is -0.457. The van der Waals surface area contributed by atoms with Gasteiger partial charge in [-0.05, 0) is 87.5 Å². The largest absolute Gasteiger partial charge is 0.458 e. The van der Waals surface area contributed by atoms with E-state index in [0.717, 1.165) is 44.0 Å². The average molecular weight is 575 g/mol. The minimum atomic E-state index is -1.97. The summed E-state index contributed by atoms with van der Waals surface area (Å²) < 4.78 is 29.4. The Morgan fingerprint density at radius 3 is 2.59 bits per heavy atom. The fourth-order valence-corrected chi connectivity index (χ4v) is 10.5. The fourth-order valence-electron chi connectivity index (χ4n) is 10.5. The van der Waals surface area contributed by atoms with Crippen LogP contribution in [-0.2, 0) is 38.1 Å². The molecular formula is C31H42O10. The number of hydrogen-bond donors (Lipinski definition) is 2. The molecule has 2 saturated heterocycles. The molecule has 41 heavy (non-hydrogen) atoms. The lowest BCUT2D eigenvalue weighted by Gasteiger charge is -2.64. The van der Waals surface area contributed by atoms with Crippen LogP contribution in [0.15, 0.2) is 11.6 Å². The van der Waals surface area contributed by atoms with Gasteiger partial charge in [-0.3, -0.25) is 4.79 Å². The molecule has 7 aliphatic rings. The summed E-state index contributed by atoms with van der Waals surface area (Å²) in [6.45, 7) is 5.59. The predicted molar refractivity (Wildman–Crippen MR) is 141 cm³/mol. The normalized spacial score (nSPS) is 53.9. The molecule has 0 spiro atoms. The third-order valence-corrected chi connectivity index (χ3v) is 12.4. The van der Waals surface area contributed by atoms with Crippen LogP contribution in [-0.4, -0.2) is 77.1 Å². The van der Waals surface area contributed by atoms with E-state index in [2.05, 4.69) is 6.92 Å². The fraction of sp³-hybridized carbons (Fsp3) is 0.839. The molecule has 2 N–H and O–H groups in total. The highest BCUT2D eigenvalue weighted by Gasteiger charge is 2.70. The molecule has 0 bridgehead atoms. The number of aliphatic hydroxyl groups is 2. The Hall–Kier alpha value is -1.85. The first-order valence-corrected chi connectivity index (χ1v) is 15.4. The predicted octanol–water partition coefficient (Wildman–Crippen LogP) is 2.57. The number of cyclic esters (lactones) is 1. The molecule has 3 aliphatic heterocycles. The Labute approximate surface area is 240 Å². The van der Waals surface area contributed by atoms with Crippen LogP contribution in [0.3, 0.4) is 0 Å². The second kappa shape index (κ2) is 9.32. The zero-order chi connectivity index (χ0) is 28.9. The molecular weight excluding hydrogens is 532 g/mol. The molecule has 4 saturated carbocycles. The molecule has 10 nitrogen and oxygen atoms in total. The van der Waals surface area contributed by atoms with E-state index in [1.807, 2.05) is 6.92 Å². The molecule has 7 rings (SSSR count). The summed E-state index contributed by atoms with van der Waals surface area (Å²) in [6.07, 6.45) is 5.24. The zero-order valence-corrected chi connectivity index (χ0v) is 24.1. The molecule has 6 fully saturated rings. The third-order valence-electron chi connectivity index (χ3n) is 12.4. The van der Waals surface area contributed by atoms with Crippen molar-refractivity contribution in [2.24, 2.45) is 34.5 Å². The Bertz CT molecular complexity index is 1170. The van der Waals surface area contributed by atoms with E-state index in [0.29, 0.717) is 25.9 Å². The van der Waals surface area contributed by atoms with Gasteiger partial charge in [0, 0.05) is 30.3 Å². The SMILES string of the molecule is CC(=O)O[C@H]1C[C@@H](C)O[C@H]2O[C@@H]3C[C@@H]4CC[C@@H]5[C@@H](CC[C@]6(C)[C@@H](C7=CC(=O)OC7)CC[C@]56O)[C@@]4(C=O)C[C@H]3O[C@]21O. The summed E-state index contributed by atoms with van der Waals surface area (Å²) in [7, 11) is 0. The van der Waals surface area contributed by atoms with E-state index in [4.69, 9.17) is 23.7 Å². The summed E-state index contributed by atoms with van der Waals surface area (Å²) in [5.74, 6) is -2.75. The van der Waals surface area contributed by atoms with E-state index < -0.39 is 46.7 Å². The van der Waals surface area contributed by atoms with Crippen molar-refractivity contribution in [3.8, 4) is 0 Å². The van der Waals surface area contributed by atoms with Gasteiger partial charge in [0.25, 0.3) is 5.79 Å². The minimum absolute atomic E-state index is 0.0326. The van der Waals surface area contributed by atoms with Gasteiger partial charge in [0.2, 0.25) is 6.29 Å². The first-order valence-electron chi connectivity index (χ1n) is 15.4. The van der Waals surface area contributed by atoms with Crippen LogP contribution in [0.5, 0.6) is 0 Å². The molecule has 0 aromatic heterocycles. The van der Waals surface area contributed by atoms with Crippen molar-refractivity contribution >= 4 is 18.2 Å². The van der Waals surface area contributed by atoms with Crippen LogP contribution in [0.1, 0.15) is 78.6 Å². The quantitative estimate of drug-likeness (QED) is 0.294. The summed E-state index contributed by atoms with van der Waals surface area (Å²) in [5.41, 5.74) is -1.10. The van der Waals surface area contributed by atoms with Gasteiger partial charge in [-0.2, -0.15) is 0 Å². The first-order chi connectivity index (χ1) is 19.4. The van der Waals surface area contributed by atoms with Gasteiger partial charge < -0.3 is 38.7 Å². The Morgan fingerprint density at radius 2 is 1.88 bits per heavy atom. The molecule has 226 valence electrons. The Kier molecular flexibility index (Phi) is 6.36. The van der Waals surface area contributed by atoms with Crippen LogP contribution in [0.4, 0.5) is 0 Å². The van der Waals surface area contributed by atoms with Gasteiger partial charge in [0.05, 0.1) is 23.9 Å². The molecule has 0 amide bonds. The van der Waals surface area contributed by atoms with Gasteiger partial charge in [0.1, 0.15) is 12.9 Å². The maximum Gasteiger partial charge on any atom is 0.331 e. The van der Waals surface area contributed by atoms with Crippen molar-refractivity contribution in [1.82, 2.24) is 0 Å². The van der Waals surface area contributed by atoms with Crippen LogP contribution in [0.25, 0.3) is 0 Å². The molecule has 0 aromatic carbocycles. The maximum atomic E-state index is 13.2. The topological polar surface area (TPSA) is 138 Å². The van der Waals surface area contributed by atoms with Crippen LogP contribution in [0, 0.1) is 34.5 Å². The van der Waals surface area contributed by atoms with Crippen molar-refractivity contribution in [3.05, 3.63) is 11.6 Å². The maximum absolute atomic E-state index is 13.2. The summed E-state index contributed by atoms with van der Waals surface area (Å²) in [5, 5.41) is 24.2. The van der Waals surface area contributed by atoms with E-state index in [1.165, 1.54) is 6.92 Å². The smallest absolute Gasteiger partial charge is 0.331 e. The monoisotopic (exact) mass is 574 g/mol. The van der Waals surface area contributed by atoms with Gasteiger partial charge in [-0.15, -0.1) is 0 Å². The molecule has 4 aliphatic carbocycles. The summed E-state index contributed by atoms with van der Waals surface area (Å²) in [4.78, 5) is 37.0. The van der Waals surface area contributed by atoms with Crippen molar-refractivity contribution in [3.63, 3.8) is 0 Å². The zero-order valence-electron chi connectivity index (χ0n) is 24.1. The number of hydrogen-bond acceptors (Lipinski definition) is 10. The third kappa shape index (κ3) is 3.83. The first kappa shape index (κ1) is 28.0. The van der Waals surface area contributed by atoms with Crippen molar-refractivity contribution in [2.75, 3.05) is 6.61 Å². The number of aldehydes is 1. The van der Waals surface area contributed by atoms with Crippen LogP contribution in [0.2, 0.25) is 0 Å². The van der Waals surface area contributed by atoms with Crippen LogP contribution >= 0.6 is 0 Å². The van der Waals surface area contributed by atoms with E-state index in [-0.39, 0.29) is 48.3 Å². The van der Waals surface area contributed by atoms with Crippen LogP contribution < -0.4 is 0 Å². The summed E-state index contributed by atoms with van der Waals surface area (Å²) >= 11 is 0. The molecule has 3 heterocycles. The molecule has 0 aromatic rings. The van der Waals surface area contributed by atoms with E-state index in [9.17, 15) is 24.6 Å². The number of esters is 2. The molecule has 10 heteroatoms. The number of carbonyl (C=O) groups is 3. The second-order valence-electron chi connectivity index (χ2n) is 14.2. The van der Waals surface area contributed by atoms with Gasteiger partial charge in [-0.1, -0.05) is 6.92 Å². The van der Waals surface area contributed by atoms with E-state index in [1.54, 1.807) is 6.08 Å². The van der Waals surface area contributed by atoms with Gasteiger partial charge in [-0.25, -0.2) is 4.79 Å². The Morgan fingerprint density at radius 1 is 1.07 bits per heavy atom. The lowest BCUT2D eigenvalue weighted by Crippen LogP contribution is -2.71. The highest BCUT2D eigenvalue weighted by atomic mass is 16.8. The highest BCUT2D eigenvalue weighted by Crippen LogP contribution is 2.70. The van der Waals surface area contributed by atoms with Crippen molar-refractivity contribution in [1.29, 1.82) is 0 Å². The van der Waals surface area contributed by atoms with E-state index >= 15 is 0 Å². The number of ether oxygens (including phenoxy) is 5. The highest BCUT2D eigenvalue weighted by molar-refractivity contribution is 5.85. The standard InChI is InChI=1S/C31H42O10/c1-16-10-25(39-17(2)33)31(36)27(38-16)40-23-12-19-4-5-22-21(29(19,15-32)13-24(23)41-31)6-8-28(3)20(7-9-30(22,28)35)18-11-26(34)37-14-18/h11,15-16,19-25,27,35-36H,4-10,12-14H2,1-3H3/t16-,19+,20-,21-,22-,23-,24-,25+,27+,28-,29-,30+,31+/m1/s1. The average Bonchev–Trinajstić information content (AvgIpc) is 3.46. The molecule has 0 radical (unpaired) electrons. The Balaban J connectivity index is 1.17.